The molecule has 0 unspecified atom stereocenters. The average molecular weight is 294 g/mol. The molecule has 2 aromatic carbocycles. The summed E-state index contributed by atoms with van der Waals surface area (Å²) in [6.45, 7) is 3.39. The van der Waals surface area contributed by atoms with Crippen LogP contribution in [0.5, 0.6) is 5.75 Å². The predicted molar refractivity (Wildman–Crippen MR) is 81.0 cm³/mol. The zero-order valence-corrected chi connectivity index (χ0v) is 12.1. The Morgan fingerprint density at radius 1 is 1.15 bits per heavy atom. The average Bonchev–Trinajstić information content (AvgIpc) is 2.47. The Bertz CT molecular complexity index is 557. The second-order valence-electron chi connectivity index (χ2n) is 4.47. The summed E-state index contributed by atoms with van der Waals surface area (Å²) in [6.07, 6.45) is 0.991. The van der Waals surface area contributed by atoms with Crippen LogP contribution in [0.1, 0.15) is 18.9 Å². The summed E-state index contributed by atoms with van der Waals surface area (Å²) in [5.41, 5.74) is 1.91. The lowest BCUT2D eigenvalue weighted by molar-refractivity contribution is 0.317. The molecule has 2 nitrogen and oxygen atoms in total. The van der Waals surface area contributed by atoms with Gasteiger partial charge in [0.1, 0.15) is 11.6 Å². The van der Waals surface area contributed by atoms with Gasteiger partial charge in [-0.15, -0.1) is 0 Å². The highest BCUT2D eigenvalue weighted by molar-refractivity contribution is 6.30. The van der Waals surface area contributed by atoms with Crippen LogP contribution >= 0.6 is 11.6 Å². The second-order valence-corrected chi connectivity index (χ2v) is 4.88. The largest absolute Gasteiger partial charge is 0.494 e. The van der Waals surface area contributed by atoms with Gasteiger partial charge in [0, 0.05) is 12.2 Å². The van der Waals surface area contributed by atoms with Crippen molar-refractivity contribution >= 4 is 17.3 Å². The Hall–Kier alpha value is -1.74. The maximum absolute atomic E-state index is 13.0. The van der Waals surface area contributed by atoms with Crippen LogP contribution in [-0.4, -0.2) is 6.61 Å². The van der Waals surface area contributed by atoms with Crippen LogP contribution in [0.15, 0.2) is 42.5 Å². The summed E-state index contributed by atoms with van der Waals surface area (Å²) in [4.78, 5) is 0. The number of rotatable bonds is 6. The first-order valence-electron chi connectivity index (χ1n) is 6.59. The number of nitrogens with one attached hydrogen (secondary N) is 1. The Balaban J connectivity index is 1.91. The van der Waals surface area contributed by atoms with Gasteiger partial charge < -0.3 is 10.1 Å². The molecule has 1 N–H and O–H groups in total. The number of halogens is 2. The molecule has 0 radical (unpaired) electrons. The summed E-state index contributed by atoms with van der Waals surface area (Å²) in [7, 11) is 0. The maximum atomic E-state index is 13.0. The van der Waals surface area contributed by atoms with Crippen molar-refractivity contribution in [2.75, 3.05) is 11.9 Å². The number of hydrogen-bond acceptors (Lipinski definition) is 2. The van der Waals surface area contributed by atoms with Gasteiger partial charge in [-0.05, 0) is 48.4 Å². The van der Waals surface area contributed by atoms with E-state index in [4.69, 9.17) is 16.3 Å². The molecule has 0 saturated carbocycles. The van der Waals surface area contributed by atoms with Crippen LogP contribution in [0.25, 0.3) is 0 Å². The molecule has 0 atom stereocenters. The molecule has 2 rings (SSSR count). The fraction of sp³-hybridized carbons (Fsp3) is 0.250. The number of benzene rings is 2. The van der Waals surface area contributed by atoms with Crippen molar-refractivity contribution in [2.45, 2.75) is 19.9 Å². The fourth-order valence-corrected chi connectivity index (χ4v) is 1.95. The summed E-state index contributed by atoms with van der Waals surface area (Å²) in [5.74, 6) is 0.468. The van der Waals surface area contributed by atoms with Gasteiger partial charge in [-0.1, -0.05) is 24.6 Å². The predicted octanol–water partition coefficient (Wildman–Crippen LogP) is 4.88. The zero-order valence-electron chi connectivity index (χ0n) is 11.3. The third-order valence-electron chi connectivity index (χ3n) is 2.81. The van der Waals surface area contributed by atoms with Gasteiger partial charge in [-0.2, -0.15) is 0 Å². The van der Waals surface area contributed by atoms with Crippen molar-refractivity contribution in [1.82, 2.24) is 0 Å². The molecule has 4 heteroatoms. The van der Waals surface area contributed by atoms with Crippen molar-refractivity contribution in [3.63, 3.8) is 0 Å². The lowest BCUT2D eigenvalue weighted by Gasteiger charge is -2.09. The van der Waals surface area contributed by atoms with E-state index in [0.717, 1.165) is 30.0 Å². The SMILES string of the molecule is CCCOc1ccc(NCc2ccc(F)c(Cl)c2)cc1. The molecule has 0 heterocycles. The number of hydrogen-bond donors (Lipinski definition) is 1. The molecule has 0 aliphatic rings. The van der Waals surface area contributed by atoms with Crippen LogP contribution in [0.2, 0.25) is 5.02 Å². The Morgan fingerprint density at radius 2 is 1.90 bits per heavy atom. The van der Waals surface area contributed by atoms with Gasteiger partial charge in [0.05, 0.1) is 11.6 Å². The first-order chi connectivity index (χ1) is 9.69. The van der Waals surface area contributed by atoms with Gasteiger partial charge >= 0.3 is 0 Å². The zero-order chi connectivity index (χ0) is 14.4. The normalized spacial score (nSPS) is 10.3. The minimum absolute atomic E-state index is 0.146. The van der Waals surface area contributed by atoms with Crippen LogP contribution in [0.4, 0.5) is 10.1 Å². The first kappa shape index (κ1) is 14.7. The smallest absolute Gasteiger partial charge is 0.141 e. The topological polar surface area (TPSA) is 21.3 Å². The van der Waals surface area contributed by atoms with E-state index in [1.807, 2.05) is 24.3 Å². The second kappa shape index (κ2) is 7.15. The molecule has 20 heavy (non-hydrogen) atoms. The van der Waals surface area contributed by atoms with E-state index in [1.54, 1.807) is 12.1 Å². The van der Waals surface area contributed by atoms with Crippen molar-refractivity contribution < 1.29 is 9.13 Å². The summed E-state index contributed by atoms with van der Waals surface area (Å²) in [6, 6.07) is 12.5. The Morgan fingerprint density at radius 3 is 2.55 bits per heavy atom. The highest BCUT2D eigenvalue weighted by Crippen LogP contribution is 2.19. The van der Waals surface area contributed by atoms with Gasteiger partial charge in [-0.25, -0.2) is 4.39 Å². The van der Waals surface area contributed by atoms with Crippen LogP contribution < -0.4 is 10.1 Å². The van der Waals surface area contributed by atoms with Crippen LogP contribution in [0.3, 0.4) is 0 Å². The lowest BCUT2D eigenvalue weighted by Crippen LogP contribution is -2.00. The van der Waals surface area contributed by atoms with Gasteiger partial charge in [0.15, 0.2) is 0 Å². The van der Waals surface area contributed by atoms with E-state index >= 15 is 0 Å². The summed E-state index contributed by atoms with van der Waals surface area (Å²) < 4.78 is 18.6. The maximum Gasteiger partial charge on any atom is 0.141 e. The molecule has 0 bridgehead atoms. The minimum Gasteiger partial charge on any atom is -0.494 e. The van der Waals surface area contributed by atoms with E-state index < -0.39 is 5.82 Å². The van der Waals surface area contributed by atoms with Crippen molar-refractivity contribution in [3.05, 3.63) is 58.9 Å². The Labute approximate surface area is 123 Å². The summed E-state index contributed by atoms with van der Waals surface area (Å²) >= 11 is 5.75. The molecule has 0 aromatic heterocycles. The highest BCUT2D eigenvalue weighted by atomic mass is 35.5. The van der Waals surface area contributed by atoms with Gasteiger partial charge in [-0.3, -0.25) is 0 Å². The van der Waals surface area contributed by atoms with Gasteiger partial charge in [0.25, 0.3) is 0 Å². The molecule has 0 aliphatic heterocycles. The van der Waals surface area contributed by atoms with E-state index in [0.29, 0.717) is 6.54 Å². The molecule has 0 spiro atoms. The fourth-order valence-electron chi connectivity index (χ4n) is 1.74. The number of ether oxygens (including phenoxy) is 1. The molecule has 0 aliphatic carbocycles. The van der Waals surface area contributed by atoms with E-state index in [1.165, 1.54) is 6.07 Å². The molecule has 0 amide bonds. The number of anilines is 1. The van der Waals surface area contributed by atoms with E-state index in [-0.39, 0.29) is 5.02 Å². The monoisotopic (exact) mass is 293 g/mol. The molecule has 106 valence electrons. The van der Waals surface area contributed by atoms with Gasteiger partial charge in [0.2, 0.25) is 0 Å². The third-order valence-corrected chi connectivity index (χ3v) is 3.10. The van der Waals surface area contributed by atoms with E-state index in [2.05, 4.69) is 12.2 Å². The third kappa shape index (κ3) is 4.14. The summed E-state index contributed by atoms with van der Waals surface area (Å²) in [5, 5.41) is 3.40. The molecular weight excluding hydrogens is 277 g/mol. The van der Waals surface area contributed by atoms with Crippen molar-refractivity contribution in [3.8, 4) is 5.75 Å². The molecule has 2 aromatic rings. The van der Waals surface area contributed by atoms with Crippen LogP contribution in [-0.2, 0) is 6.54 Å². The minimum atomic E-state index is -0.396. The quantitative estimate of drug-likeness (QED) is 0.819. The Kier molecular flexibility index (Phi) is 5.24. The molecule has 0 fully saturated rings. The molecular formula is C16H17ClFNO. The van der Waals surface area contributed by atoms with E-state index in [9.17, 15) is 4.39 Å². The standard InChI is InChI=1S/C16H17ClFNO/c1-2-9-20-14-6-4-13(5-7-14)19-11-12-3-8-16(18)15(17)10-12/h3-8,10,19H,2,9,11H2,1H3. The van der Waals surface area contributed by atoms with Crippen molar-refractivity contribution in [2.24, 2.45) is 0 Å². The van der Waals surface area contributed by atoms with Crippen LogP contribution in [0, 0.1) is 5.82 Å². The lowest BCUT2D eigenvalue weighted by atomic mass is 10.2. The van der Waals surface area contributed by atoms with Crippen molar-refractivity contribution in [1.29, 1.82) is 0 Å². The highest BCUT2D eigenvalue weighted by Gasteiger charge is 2.01. The first-order valence-corrected chi connectivity index (χ1v) is 6.97. The molecule has 0 saturated heterocycles.